The molecule has 1 heterocycles. The van der Waals surface area contributed by atoms with E-state index >= 15 is 0 Å². The summed E-state index contributed by atoms with van der Waals surface area (Å²) in [6, 6.07) is 5.12. The van der Waals surface area contributed by atoms with Crippen molar-refractivity contribution in [3.05, 3.63) is 29.8 Å². The summed E-state index contributed by atoms with van der Waals surface area (Å²) in [6.45, 7) is -1.15. The zero-order chi connectivity index (χ0) is 15.0. The van der Waals surface area contributed by atoms with E-state index in [-0.39, 0.29) is 17.8 Å². The smallest absolute Gasteiger partial charge is 0.335 e. The number of nitrogens with zero attached hydrogens (tertiary/aromatic N) is 1. The molecule has 6 nitrogen and oxygen atoms in total. The molecule has 20 heavy (non-hydrogen) atoms. The summed E-state index contributed by atoms with van der Waals surface area (Å²) >= 11 is 0. The molecule has 0 unspecified atom stereocenters. The van der Waals surface area contributed by atoms with Gasteiger partial charge in [-0.05, 0) is 18.2 Å². The van der Waals surface area contributed by atoms with Gasteiger partial charge in [0.1, 0.15) is 0 Å². The lowest BCUT2D eigenvalue weighted by atomic mass is 10.2. The molecule has 0 bridgehead atoms. The molecule has 1 aliphatic rings. The van der Waals surface area contributed by atoms with Crippen LogP contribution in [0.15, 0.2) is 24.3 Å². The van der Waals surface area contributed by atoms with E-state index in [1.54, 1.807) is 0 Å². The molecule has 9 heteroatoms. The van der Waals surface area contributed by atoms with Gasteiger partial charge >= 0.3 is 16.2 Å². The Bertz CT molecular complexity index is 633. The molecule has 0 aliphatic carbocycles. The van der Waals surface area contributed by atoms with Crippen molar-refractivity contribution in [3.63, 3.8) is 0 Å². The van der Waals surface area contributed by atoms with Crippen LogP contribution in [-0.2, 0) is 10.2 Å². The maximum absolute atomic E-state index is 13.0. The highest BCUT2D eigenvalue weighted by Gasteiger charge is 2.43. The van der Waals surface area contributed by atoms with Crippen molar-refractivity contribution in [2.75, 3.05) is 17.8 Å². The monoisotopic (exact) mass is 306 g/mol. The van der Waals surface area contributed by atoms with Gasteiger partial charge in [0.05, 0.1) is 17.8 Å². The molecule has 0 spiro atoms. The molecular formula is C11H12F2N2O4S. The van der Waals surface area contributed by atoms with E-state index in [0.29, 0.717) is 4.31 Å². The zero-order valence-corrected chi connectivity index (χ0v) is 11.0. The van der Waals surface area contributed by atoms with Crippen molar-refractivity contribution >= 4 is 21.9 Å². The normalized spacial score (nSPS) is 18.9. The van der Waals surface area contributed by atoms with Gasteiger partial charge in [0.2, 0.25) is 0 Å². The van der Waals surface area contributed by atoms with Crippen LogP contribution in [0.2, 0.25) is 0 Å². The highest BCUT2D eigenvalue weighted by molar-refractivity contribution is 7.90. The topological polar surface area (TPSA) is 86.7 Å². The minimum Gasteiger partial charge on any atom is -0.478 e. The van der Waals surface area contributed by atoms with Crippen LogP contribution in [0.25, 0.3) is 0 Å². The van der Waals surface area contributed by atoms with E-state index in [4.69, 9.17) is 5.11 Å². The second kappa shape index (κ2) is 4.98. The van der Waals surface area contributed by atoms with Crippen LogP contribution in [0.1, 0.15) is 16.8 Å². The van der Waals surface area contributed by atoms with Crippen molar-refractivity contribution in [3.8, 4) is 0 Å². The number of halogens is 2. The number of carboxylic acids is 1. The number of hydrogen-bond acceptors (Lipinski definition) is 3. The van der Waals surface area contributed by atoms with Crippen LogP contribution in [0.5, 0.6) is 0 Å². The van der Waals surface area contributed by atoms with Gasteiger partial charge in [-0.2, -0.15) is 12.7 Å². The van der Waals surface area contributed by atoms with E-state index in [1.165, 1.54) is 18.2 Å². The number of aromatic carboxylic acids is 1. The fraction of sp³-hybridized carbons (Fsp3) is 0.364. The second-order valence-electron chi connectivity index (χ2n) is 4.43. The molecule has 0 aromatic heterocycles. The lowest BCUT2D eigenvalue weighted by Crippen LogP contribution is -2.35. The Morgan fingerprint density at radius 1 is 1.40 bits per heavy atom. The van der Waals surface area contributed by atoms with Crippen molar-refractivity contribution in [2.24, 2.45) is 0 Å². The average Bonchev–Trinajstić information content (AvgIpc) is 2.70. The predicted octanol–water partition coefficient (Wildman–Crippen LogP) is 1.38. The summed E-state index contributed by atoms with van der Waals surface area (Å²) in [5, 5.41) is 8.80. The Balaban J connectivity index is 2.17. The van der Waals surface area contributed by atoms with Crippen molar-refractivity contribution in [1.29, 1.82) is 0 Å². The molecule has 110 valence electrons. The lowest BCUT2D eigenvalue weighted by molar-refractivity contribution is 0.0184. The van der Waals surface area contributed by atoms with Crippen molar-refractivity contribution < 1.29 is 27.1 Å². The fourth-order valence-electron chi connectivity index (χ4n) is 1.84. The number of carboxylic acid groups (broad SMARTS) is 1. The summed E-state index contributed by atoms with van der Waals surface area (Å²) in [5.74, 6) is -4.24. The third-order valence-corrected chi connectivity index (χ3v) is 4.32. The van der Waals surface area contributed by atoms with Crippen LogP contribution in [0, 0.1) is 0 Å². The molecule has 1 aliphatic heterocycles. The van der Waals surface area contributed by atoms with Crippen LogP contribution >= 0.6 is 0 Å². The van der Waals surface area contributed by atoms with Gasteiger partial charge in [-0.1, -0.05) is 6.07 Å². The number of alkyl halides is 2. The van der Waals surface area contributed by atoms with Crippen molar-refractivity contribution in [1.82, 2.24) is 4.31 Å². The molecule has 1 aromatic carbocycles. The van der Waals surface area contributed by atoms with Crippen molar-refractivity contribution in [2.45, 2.75) is 12.3 Å². The van der Waals surface area contributed by atoms with E-state index in [9.17, 15) is 22.0 Å². The maximum Gasteiger partial charge on any atom is 0.335 e. The SMILES string of the molecule is O=C(O)c1cccc(NS(=O)(=O)N2CCC(F)(F)C2)c1. The van der Waals surface area contributed by atoms with Gasteiger partial charge in [-0.15, -0.1) is 0 Å². The largest absolute Gasteiger partial charge is 0.478 e. The summed E-state index contributed by atoms with van der Waals surface area (Å²) in [5.41, 5.74) is -0.0860. The van der Waals surface area contributed by atoms with E-state index < -0.39 is 35.1 Å². The molecule has 1 fully saturated rings. The molecule has 0 atom stereocenters. The molecule has 0 saturated carbocycles. The number of anilines is 1. The Hall–Kier alpha value is -1.74. The molecule has 1 saturated heterocycles. The molecule has 2 N–H and O–H groups in total. The summed E-state index contributed by atoms with van der Waals surface area (Å²) in [7, 11) is -4.12. The first-order chi connectivity index (χ1) is 9.20. The lowest BCUT2D eigenvalue weighted by Gasteiger charge is -2.17. The Labute approximate surface area is 114 Å². The van der Waals surface area contributed by atoms with Gasteiger partial charge in [-0.25, -0.2) is 13.6 Å². The molecule has 0 amide bonds. The second-order valence-corrected chi connectivity index (χ2v) is 6.10. The Morgan fingerprint density at radius 3 is 2.65 bits per heavy atom. The Kier molecular flexibility index (Phi) is 3.65. The fourth-order valence-corrected chi connectivity index (χ4v) is 3.08. The Morgan fingerprint density at radius 2 is 2.10 bits per heavy atom. The zero-order valence-electron chi connectivity index (χ0n) is 10.2. The molecular weight excluding hydrogens is 294 g/mol. The maximum atomic E-state index is 13.0. The minimum absolute atomic E-state index is 0.0140. The predicted molar refractivity (Wildman–Crippen MR) is 67.1 cm³/mol. The van der Waals surface area contributed by atoms with Crippen LogP contribution in [0.3, 0.4) is 0 Å². The first-order valence-electron chi connectivity index (χ1n) is 5.69. The van der Waals surface area contributed by atoms with Gasteiger partial charge in [-0.3, -0.25) is 4.72 Å². The number of carbonyl (C=O) groups is 1. The van der Waals surface area contributed by atoms with E-state index in [0.717, 1.165) is 6.07 Å². The van der Waals surface area contributed by atoms with Crippen LogP contribution < -0.4 is 4.72 Å². The summed E-state index contributed by atoms with van der Waals surface area (Å²) < 4.78 is 52.6. The van der Waals surface area contributed by atoms with Gasteiger partial charge in [0, 0.05) is 13.0 Å². The van der Waals surface area contributed by atoms with Gasteiger partial charge in [0.15, 0.2) is 0 Å². The third kappa shape index (κ3) is 3.23. The number of benzene rings is 1. The summed E-state index contributed by atoms with van der Waals surface area (Å²) in [4.78, 5) is 10.8. The standard InChI is InChI=1S/C11H12F2N2O4S/c12-11(13)4-5-15(7-11)20(18,19)14-9-3-1-2-8(6-9)10(16)17/h1-3,6,14H,4-5,7H2,(H,16,17). The highest BCUT2D eigenvalue weighted by Crippen LogP contribution is 2.29. The highest BCUT2D eigenvalue weighted by atomic mass is 32.2. The number of rotatable bonds is 4. The molecule has 0 radical (unpaired) electrons. The van der Waals surface area contributed by atoms with Gasteiger partial charge in [0.25, 0.3) is 5.92 Å². The van der Waals surface area contributed by atoms with Crippen LogP contribution in [-0.4, -0.2) is 42.8 Å². The molecule has 1 aromatic rings. The number of hydrogen-bond donors (Lipinski definition) is 2. The third-order valence-electron chi connectivity index (χ3n) is 2.83. The first kappa shape index (κ1) is 14.7. The average molecular weight is 306 g/mol. The quantitative estimate of drug-likeness (QED) is 0.880. The van der Waals surface area contributed by atoms with Crippen LogP contribution in [0.4, 0.5) is 14.5 Å². The summed E-state index contributed by atoms with van der Waals surface area (Å²) in [6.07, 6.45) is -0.525. The first-order valence-corrected chi connectivity index (χ1v) is 7.13. The molecule has 2 rings (SSSR count). The van der Waals surface area contributed by atoms with E-state index in [1.807, 2.05) is 0 Å². The minimum atomic E-state index is -4.12. The van der Waals surface area contributed by atoms with Gasteiger partial charge < -0.3 is 5.11 Å². The van der Waals surface area contributed by atoms with E-state index in [2.05, 4.69) is 4.72 Å². The number of nitrogens with one attached hydrogen (secondary N) is 1.